The standard InChI is InChI=1S/C30H45N3O7.C2H4O2/c1-2-40-29(37)21-32-30(38)33-26-12-9-11-23(18-26)10-5-8-17-39-16-7-4-3-6-15-31-20-28(36)24-13-14-27(35)25(19-24)22-34;1-2(3)4/h9,11-14,18-19,28,31,34-36H,2-8,10,15-17,20-22H2,1H3,(H2,32,33,38);1H3,(H,3,4)/t28-;/m0./s1. The Morgan fingerprint density at radius 2 is 1.66 bits per heavy atom. The monoisotopic (exact) mass is 619 g/mol. The molecule has 0 radical (unpaired) electrons. The van der Waals surface area contributed by atoms with Gasteiger partial charge in [0.2, 0.25) is 0 Å². The molecular formula is C32H49N3O9. The van der Waals surface area contributed by atoms with Crippen LogP contribution in [0, 0.1) is 0 Å². The van der Waals surface area contributed by atoms with Crippen molar-refractivity contribution < 1.29 is 44.3 Å². The zero-order valence-electron chi connectivity index (χ0n) is 25.8. The number of aliphatic carboxylic acids is 1. The van der Waals surface area contributed by atoms with Crippen molar-refractivity contribution in [1.82, 2.24) is 10.6 Å². The first-order valence-corrected chi connectivity index (χ1v) is 15.0. The number of amides is 2. The van der Waals surface area contributed by atoms with Crippen LogP contribution < -0.4 is 16.0 Å². The summed E-state index contributed by atoms with van der Waals surface area (Å²) in [6.07, 6.45) is 6.38. The average Bonchev–Trinajstić information content (AvgIpc) is 2.98. The molecule has 2 aromatic carbocycles. The highest BCUT2D eigenvalue weighted by Gasteiger charge is 2.10. The first-order chi connectivity index (χ1) is 21.2. The maximum atomic E-state index is 11.9. The van der Waals surface area contributed by atoms with Crippen molar-refractivity contribution >= 4 is 23.7 Å². The molecule has 2 amide bonds. The number of hydrogen-bond donors (Lipinski definition) is 7. The SMILES string of the molecule is CC(=O)O.CCOC(=O)CNC(=O)Nc1cccc(CCCCOCCCCCCNC[C@H](O)c2ccc(O)c(CO)c2)c1. The number of carboxylic acids is 1. The number of carbonyl (C=O) groups excluding carboxylic acids is 2. The second-order valence-corrected chi connectivity index (χ2v) is 10.1. The smallest absolute Gasteiger partial charge is 0.325 e. The van der Waals surface area contributed by atoms with E-state index in [9.17, 15) is 24.9 Å². The van der Waals surface area contributed by atoms with Gasteiger partial charge < -0.3 is 45.9 Å². The van der Waals surface area contributed by atoms with Crippen LogP contribution in [0.15, 0.2) is 42.5 Å². The van der Waals surface area contributed by atoms with Crippen LogP contribution in [0.2, 0.25) is 0 Å². The molecule has 1 atom stereocenters. The fourth-order valence-electron chi connectivity index (χ4n) is 4.08. The van der Waals surface area contributed by atoms with Crippen molar-refractivity contribution in [3.05, 3.63) is 59.2 Å². The van der Waals surface area contributed by atoms with Gasteiger partial charge in [0.05, 0.1) is 19.3 Å². The molecule has 0 heterocycles. The number of esters is 1. The lowest BCUT2D eigenvalue weighted by atomic mass is 10.1. The van der Waals surface area contributed by atoms with Gasteiger partial charge in [-0.1, -0.05) is 31.0 Å². The Morgan fingerprint density at radius 1 is 0.955 bits per heavy atom. The van der Waals surface area contributed by atoms with Gasteiger partial charge in [-0.05, 0) is 81.0 Å². The van der Waals surface area contributed by atoms with Crippen LogP contribution >= 0.6 is 0 Å². The Morgan fingerprint density at radius 3 is 2.36 bits per heavy atom. The lowest BCUT2D eigenvalue weighted by Crippen LogP contribution is -2.34. The van der Waals surface area contributed by atoms with Crippen molar-refractivity contribution in [2.24, 2.45) is 0 Å². The molecule has 0 unspecified atom stereocenters. The second-order valence-electron chi connectivity index (χ2n) is 10.1. The predicted octanol–water partition coefficient (Wildman–Crippen LogP) is 3.88. The van der Waals surface area contributed by atoms with Gasteiger partial charge in [-0.2, -0.15) is 0 Å². The van der Waals surface area contributed by atoms with Crippen LogP contribution in [-0.4, -0.2) is 77.9 Å². The quantitative estimate of drug-likeness (QED) is 0.0847. The molecule has 2 rings (SSSR count). The van der Waals surface area contributed by atoms with Crippen LogP contribution in [0.4, 0.5) is 10.5 Å². The van der Waals surface area contributed by atoms with Gasteiger partial charge in [-0.25, -0.2) is 4.79 Å². The zero-order valence-corrected chi connectivity index (χ0v) is 25.8. The Balaban J connectivity index is 0.00000227. The number of hydrogen-bond acceptors (Lipinski definition) is 9. The first-order valence-electron chi connectivity index (χ1n) is 15.0. The molecule has 0 saturated heterocycles. The number of anilines is 1. The number of benzene rings is 2. The Labute approximate surface area is 259 Å². The molecule has 0 aliphatic heterocycles. The minimum atomic E-state index is -0.833. The highest BCUT2D eigenvalue weighted by molar-refractivity contribution is 5.91. The number of phenols is 1. The number of aromatic hydroxyl groups is 1. The van der Waals surface area contributed by atoms with Crippen LogP contribution in [-0.2, 0) is 32.1 Å². The van der Waals surface area contributed by atoms with Gasteiger partial charge >= 0.3 is 12.0 Å². The third-order valence-electron chi connectivity index (χ3n) is 6.28. The molecule has 0 aliphatic carbocycles. The summed E-state index contributed by atoms with van der Waals surface area (Å²) < 4.78 is 10.5. The number of carboxylic acid groups (broad SMARTS) is 1. The summed E-state index contributed by atoms with van der Waals surface area (Å²) in [5.74, 6) is -1.27. The zero-order chi connectivity index (χ0) is 32.6. The highest BCUT2D eigenvalue weighted by atomic mass is 16.5. The number of rotatable bonds is 20. The van der Waals surface area contributed by atoms with Crippen LogP contribution in [0.5, 0.6) is 5.75 Å². The first kappa shape index (κ1) is 38.3. The Hall–Kier alpha value is -3.71. The van der Waals surface area contributed by atoms with E-state index in [-0.39, 0.29) is 25.5 Å². The Kier molecular flexibility index (Phi) is 20.6. The number of nitrogens with one attached hydrogen (secondary N) is 3. The number of carbonyl (C=O) groups is 3. The topological polar surface area (TPSA) is 187 Å². The van der Waals surface area contributed by atoms with Crippen molar-refractivity contribution in [1.29, 1.82) is 0 Å². The van der Waals surface area contributed by atoms with Crippen LogP contribution in [0.1, 0.15) is 75.2 Å². The number of aliphatic hydroxyl groups excluding tert-OH is 2. The van der Waals surface area contributed by atoms with E-state index in [1.54, 1.807) is 19.1 Å². The van der Waals surface area contributed by atoms with E-state index in [0.29, 0.717) is 23.4 Å². The van der Waals surface area contributed by atoms with Crippen molar-refractivity contribution in [2.75, 3.05) is 44.8 Å². The predicted molar refractivity (Wildman–Crippen MR) is 167 cm³/mol. The molecule has 0 saturated carbocycles. The summed E-state index contributed by atoms with van der Waals surface area (Å²) in [5.41, 5.74) is 2.89. The van der Waals surface area contributed by atoms with Crippen LogP contribution in [0.25, 0.3) is 0 Å². The summed E-state index contributed by atoms with van der Waals surface area (Å²) >= 11 is 0. The van der Waals surface area contributed by atoms with Gasteiger partial charge in [0.15, 0.2) is 0 Å². The fraction of sp³-hybridized carbons (Fsp3) is 0.531. The second kappa shape index (κ2) is 23.7. The molecule has 12 nitrogen and oxygen atoms in total. The van der Waals surface area contributed by atoms with E-state index in [2.05, 4.69) is 16.0 Å². The molecule has 0 bridgehead atoms. The largest absolute Gasteiger partial charge is 0.508 e. The van der Waals surface area contributed by atoms with Gasteiger partial charge in [0.1, 0.15) is 12.3 Å². The molecule has 0 aliphatic rings. The molecule has 0 fully saturated rings. The molecule has 0 spiro atoms. The third kappa shape index (κ3) is 18.7. The molecule has 12 heteroatoms. The van der Waals surface area contributed by atoms with E-state index in [1.807, 2.05) is 24.3 Å². The maximum Gasteiger partial charge on any atom is 0.325 e. The molecule has 2 aromatic rings. The van der Waals surface area contributed by atoms with E-state index >= 15 is 0 Å². The van der Waals surface area contributed by atoms with Crippen molar-refractivity contribution in [3.63, 3.8) is 0 Å². The minimum Gasteiger partial charge on any atom is -0.508 e. The van der Waals surface area contributed by atoms with Crippen LogP contribution in [0.3, 0.4) is 0 Å². The van der Waals surface area contributed by atoms with E-state index in [0.717, 1.165) is 77.2 Å². The van der Waals surface area contributed by atoms with Crippen molar-refractivity contribution in [2.45, 2.75) is 71.5 Å². The Bertz CT molecular complexity index is 1110. The summed E-state index contributed by atoms with van der Waals surface area (Å²) in [7, 11) is 0. The summed E-state index contributed by atoms with van der Waals surface area (Å²) in [4.78, 5) is 32.3. The lowest BCUT2D eigenvalue weighted by Gasteiger charge is -2.14. The number of unbranched alkanes of at least 4 members (excludes halogenated alkanes) is 4. The molecular weight excluding hydrogens is 570 g/mol. The van der Waals surface area contributed by atoms with Gasteiger partial charge in [0.25, 0.3) is 5.97 Å². The summed E-state index contributed by atoms with van der Waals surface area (Å²) in [6, 6.07) is 12.0. The van der Waals surface area contributed by atoms with Gasteiger partial charge in [-0.15, -0.1) is 0 Å². The normalized spacial score (nSPS) is 11.2. The maximum absolute atomic E-state index is 11.9. The molecule has 0 aromatic heterocycles. The summed E-state index contributed by atoms with van der Waals surface area (Å²) in [6.45, 7) is 5.36. The number of aliphatic hydroxyl groups is 2. The number of urea groups is 1. The van der Waals surface area contributed by atoms with Crippen molar-refractivity contribution in [3.8, 4) is 5.75 Å². The molecule has 44 heavy (non-hydrogen) atoms. The number of aryl methyl sites for hydroxylation is 1. The third-order valence-corrected chi connectivity index (χ3v) is 6.28. The van der Waals surface area contributed by atoms with E-state index in [1.165, 1.54) is 6.07 Å². The fourth-order valence-corrected chi connectivity index (χ4v) is 4.08. The van der Waals surface area contributed by atoms with Gasteiger partial charge in [0, 0.05) is 37.9 Å². The van der Waals surface area contributed by atoms with E-state index in [4.69, 9.17) is 19.4 Å². The average molecular weight is 620 g/mol. The van der Waals surface area contributed by atoms with E-state index < -0.39 is 24.1 Å². The lowest BCUT2D eigenvalue weighted by molar-refractivity contribution is -0.141. The minimum absolute atomic E-state index is 0.0319. The highest BCUT2D eigenvalue weighted by Crippen LogP contribution is 2.22. The molecule has 246 valence electrons. The van der Waals surface area contributed by atoms with Gasteiger partial charge in [-0.3, -0.25) is 9.59 Å². The number of ether oxygens (including phenoxy) is 2. The summed E-state index contributed by atoms with van der Waals surface area (Å²) in [5, 5.41) is 45.0. The molecule has 7 N–H and O–H groups in total.